The second-order valence-electron chi connectivity index (χ2n) is 4.12. The van der Waals surface area contributed by atoms with Crippen molar-refractivity contribution in [3.05, 3.63) is 35.9 Å². The Labute approximate surface area is 93.8 Å². The van der Waals surface area contributed by atoms with Gasteiger partial charge in [-0.15, -0.1) is 0 Å². The molecule has 2 rings (SSSR count). The number of ether oxygens (including phenoxy) is 1. The molecule has 84 valence electrons. The zero-order valence-corrected chi connectivity index (χ0v) is 9.27. The molecule has 16 heavy (non-hydrogen) atoms. The van der Waals surface area contributed by atoms with Crippen LogP contribution >= 0.6 is 0 Å². The number of hydrogen-bond acceptors (Lipinski definition) is 3. The molecular formula is C12H13NO3. The fourth-order valence-electron chi connectivity index (χ4n) is 1.83. The first-order valence-electron chi connectivity index (χ1n) is 5.06. The van der Waals surface area contributed by atoms with E-state index in [0.717, 1.165) is 10.5 Å². The van der Waals surface area contributed by atoms with Gasteiger partial charge in [0.1, 0.15) is 12.0 Å². The van der Waals surface area contributed by atoms with Crippen LogP contribution < -0.4 is 0 Å². The van der Waals surface area contributed by atoms with Crippen LogP contribution in [-0.4, -0.2) is 30.6 Å². The number of carbonyl (C=O) groups excluding carboxylic acids is 2. The van der Waals surface area contributed by atoms with Crippen LogP contribution in [0.1, 0.15) is 12.5 Å². The van der Waals surface area contributed by atoms with Gasteiger partial charge in [0.05, 0.1) is 0 Å². The predicted octanol–water partition coefficient (Wildman–Crippen LogP) is 1.55. The standard InChI is InChI=1S/C12H13NO3/c1-12(9-6-4-3-5-7-9)8-16-11(15)13(2)10(12)14/h3-7H,8H2,1-2H3. The molecule has 0 radical (unpaired) electrons. The normalized spacial score (nSPS) is 25.5. The lowest BCUT2D eigenvalue weighted by molar-refractivity contribution is -0.140. The molecule has 1 aliphatic rings. The van der Waals surface area contributed by atoms with Gasteiger partial charge in [0.2, 0.25) is 5.91 Å². The second-order valence-corrected chi connectivity index (χ2v) is 4.12. The number of rotatable bonds is 1. The first-order valence-corrected chi connectivity index (χ1v) is 5.06. The largest absolute Gasteiger partial charge is 0.448 e. The Balaban J connectivity index is 2.39. The maximum Gasteiger partial charge on any atom is 0.416 e. The van der Waals surface area contributed by atoms with Crippen molar-refractivity contribution in [3.63, 3.8) is 0 Å². The molecule has 4 nitrogen and oxygen atoms in total. The summed E-state index contributed by atoms with van der Waals surface area (Å²) in [7, 11) is 1.44. The van der Waals surface area contributed by atoms with Crippen LogP contribution in [0.15, 0.2) is 30.3 Å². The maximum atomic E-state index is 12.1. The molecule has 1 aromatic carbocycles. The fourth-order valence-corrected chi connectivity index (χ4v) is 1.83. The second kappa shape index (κ2) is 3.63. The maximum absolute atomic E-state index is 12.1. The molecule has 0 N–H and O–H groups in total. The van der Waals surface area contributed by atoms with Gasteiger partial charge in [0.15, 0.2) is 0 Å². The summed E-state index contributed by atoms with van der Waals surface area (Å²) in [5.41, 5.74) is 0.0866. The summed E-state index contributed by atoms with van der Waals surface area (Å²) in [6.45, 7) is 1.88. The summed E-state index contributed by atoms with van der Waals surface area (Å²) in [4.78, 5) is 24.3. The Bertz CT molecular complexity index is 429. The van der Waals surface area contributed by atoms with Crippen molar-refractivity contribution >= 4 is 12.0 Å². The van der Waals surface area contributed by atoms with Crippen molar-refractivity contribution in [2.75, 3.05) is 13.7 Å². The van der Waals surface area contributed by atoms with Gasteiger partial charge in [-0.05, 0) is 12.5 Å². The van der Waals surface area contributed by atoms with Crippen LogP contribution in [0.4, 0.5) is 4.79 Å². The average Bonchev–Trinajstić information content (AvgIpc) is 2.33. The van der Waals surface area contributed by atoms with Gasteiger partial charge >= 0.3 is 6.09 Å². The van der Waals surface area contributed by atoms with E-state index in [1.54, 1.807) is 6.92 Å². The Hall–Kier alpha value is -1.84. The smallest absolute Gasteiger partial charge is 0.416 e. The third-order valence-electron chi connectivity index (χ3n) is 2.95. The minimum Gasteiger partial charge on any atom is -0.448 e. The number of likely N-dealkylation sites (N-methyl/N-ethyl adjacent to an activating group) is 1. The molecule has 0 spiro atoms. The third-order valence-corrected chi connectivity index (χ3v) is 2.95. The van der Waals surface area contributed by atoms with E-state index >= 15 is 0 Å². The molecule has 0 bridgehead atoms. The van der Waals surface area contributed by atoms with Gasteiger partial charge in [0, 0.05) is 7.05 Å². The van der Waals surface area contributed by atoms with E-state index in [1.165, 1.54) is 7.05 Å². The molecule has 1 aliphatic heterocycles. The number of nitrogens with zero attached hydrogens (tertiary/aromatic N) is 1. The first kappa shape index (κ1) is 10.7. The molecule has 1 aromatic rings. The summed E-state index contributed by atoms with van der Waals surface area (Å²) in [5.74, 6) is -0.227. The highest BCUT2D eigenvalue weighted by Gasteiger charge is 2.44. The van der Waals surface area contributed by atoms with E-state index in [0.29, 0.717) is 0 Å². The highest BCUT2D eigenvalue weighted by molar-refractivity contribution is 6.00. The number of imide groups is 1. The molecule has 1 unspecified atom stereocenters. The Morgan fingerprint density at radius 3 is 2.50 bits per heavy atom. The van der Waals surface area contributed by atoms with E-state index < -0.39 is 11.5 Å². The lowest BCUT2D eigenvalue weighted by Crippen LogP contribution is -2.54. The molecular weight excluding hydrogens is 206 g/mol. The SMILES string of the molecule is CN1C(=O)OCC(C)(c2ccccc2)C1=O. The van der Waals surface area contributed by atoms with E-state index in [2.05, 4.69) is 0 Å². The van der Waals surface area contributed by atoms with Gasteiger partial charge in [0.25, 0.3) is 0 Å². The van der Waals surface area contributed by atoms with Gasteiger partial charge in [-0.3, -0.25) is 4.79 Å². The van der Waals surface area contributed by atoms with E-state index in [9.17, 15) is 9.59 Å². The van der Waals surface area contributed by atoms with Gasteiger partial charge in [-0.2, -0.15) is 0 Å². The van der Waals surface area contributed by atoms with Crippen molar-refractivity contribution in [2.45, 2.75) is 12.3 Å². The highest BCUT2D eigenvalue weighted by atomic mass is 16.6. The van der Waals surface area contributed by atoms with Crippen molar-refractivity contribution in [3.8, 4) is 0 Å². The molecule has 2 amide bonds. The summed E-state index contributed by atoms with van der Waals surface area (Å²) in [5, 5.41) is 0. The monoisotopic (exact) mass is 219 g/mol. The number of benzene rings is 1. The minimum absolute atomic E-state index is 0.0962. The van der Waals surface area contributed by atoms with E-state index in [-0.39, 0.29) is 12.5 Å². The number of hydrogen-bond donors (Lipinski definition) is 0. The molecule has 1 atom stereocenters. The van der Waals surface area contributed by atoms with Gasteiger partial charge in [-0.1, -0.05) is 30.3 Å². The fraction of sp³-hybridized carbons (Fsp3) is 0.333. The van der Waals surface area contributed by atoms with Crippen molar-refractivity contribution < 1.29 is 14.3 Å². The van der Waals surface area contributed by atoms with Gasteiger partial charge < -0.3 is 4.74 Å². The number of carbonyl (C=O) groups is 2. The molecule has 1 fully saturated rings. The zero-order valence-electron chi connectivity index (χ0n) is 9.27. The van der Waals surface area contributed by atoms with Crippen molar-refractivity contribution in [2.24, 2.45) is 0 Å². The van der Waals surface area contributed by atoms with E-state index in [4.69, 9.17) is 4.74 Å². The van der Waals surface area contributed by atoms with Crippen molar-refractivity contribution in [1.29, 1.82) is 0 Å². The lowest BCUT2D eigenvalue weighted by Gasteiger charge is -2.36. The molecule has 4 heteroatoms. The van der Waals surface area contributed by atoms with Crippen molar-refractivity contribution in [1.82, 2.24) is 4.90 Å². The van der Waals surface area contributed by atoms with Crippen LogP contribution in [0.25, 0.3) is 0 Å². The molecule has 0 aliphatic carbocycles. The van der Waals surface area contributed by atoms with Gasteiger partial charge in [-0.25, -0.2) is 9.69 Å². The quantitative estimate of drug-likeness (QED) is 0.720. The van der Waals surface area contributed by atoms with Crippen LogP contribution in [-0.2, 0) is 14.9 Å². The zero-order chi connectivity index (χ0) is 11.8. The molecule has 0 aromatic heterocycles. The summed E-state index contributed by atoms with van der Waals surface area (Å²) in [6.07, 6.45) is -0.585. The number of cyclic esters (lactones) is 1. The Kier molecular flexibility index (Phi) is 2.42. The molecule has 0 saturated carbocycles. The minimum atomic E-state index is -0.774. The lowest BCUT2D eigenvalue weighted by atomic mass is 9.81. The van der Waals surface area contributed by atoms with Crippen LogP contribution in [0.3, 0.4) is 0 Å². The topological polar surface area (TPSA) is 46.6 Å². The summed E-state index contributed by atoms with van der Waals surface area (Å²) in [6, 6.07) is 9.35. The molecule has 1 heterocycles. The number of amides is 2. The third kappa shape index (κ3) is 1.46. The van der Waals surface area contributed by atoms with Crippen LogP contribution in [0.2, 0.25) is 0 Å². The van der Waals surface area contributed by atoms with E-state index in [1.807, 2.05) is 30.3 Å². The predicted molar refractivity (Wildman–Crippen MR) is 57.9 cm³/mol. The Morgan fingerprint density at radius 2 is 1.88 bits per heavy atom. The summed E-state index contributed by atoms with van der Waals surface area (Å²) >= 11 is 0. The average molecular weight is 219 g/mol. The summed E-state index contributed by atoms with van der Waals surface area (Å²) < 4.78 is 5.00. The first-order chi connectivity index (χ1) is 7.55. The molecule has 1 saturated heterocycles. The Morgan fingerprint density at radius 1 is 1.25 bits per heavy atom. The highest BCUT2D eigenvalue weighted by Crippen LogP contribution is 2.29. The van der Waals surface area contributed by atoms with Crippen LogP contribution in [0.5, 0.6) is 0 Å². The van der Waals surface area contributed by atoms with Crippen LogP contribution in [0, 0.1) is 0 Å².